The predicted molar refractivity (Wildman–Crippen MR) is 40.3 cm³/mol. The molecule has 0 aromatic rings. The van der Waals surface area contributed by atoms with Gasteiger partial charge in [0.25, 0.3) is 5.78 Å². The van der Waals surface area contributed by atoms with Gasteiger partial charge in [-0.1, -0.05) is 0 Å². The molecule has 0 rings (SSSR count). The first-order valence-corrected chi connectivity index (χ1v) is 2.02. The van der Waals surface area contributed by atoms with Gasteiger partial charge in [0, 0.05) is 0 Å². The van der Waals surface area contributed by atoms with Crippen LogP contribution in [0.4, 0.5) is 0 Å². The number of carbonyl (C=O) groups excluding carboxylic acids is 1. The van der Waals surface area contributed by atoms with Crippen LogP contribution in [0, 0.1) is 0 Å². The van der Waals surface area contributed by atoms with E-state index in [1.54, 1.807) is 0 Å². The normalized spacial score (nSPS) is 7.60. The summed E-state index contributed by atoms with van der Waals surface area (Å²) in [6.07, 6.45) is -0.949. The van der Waals surface area contributed by atoms with Crippen LogP contribution in [-0.2, 0) is 14.4 Å². The highest BCUT2D eigenvalue weighted by Crippen LogP contribution is 1.81. The monoisotopic (exact) mass is 260 g/mol. The van der Waals surface area contributed by atoms with Crippen LogP contribution >= 0.6 is 24.0 Å². The van der Waals surface area contributed by atoms with Crippen molar-refractivity contribution < 1.29 is 24.6 Å². The average molecular weight is 260 g/mol. The zero-order valence-corrected chi connectivity index (χ0v) is 7.06. The second-order valence-corrected chi connectivity index (χ2v) is 1.30. The molecule has 0 aromatic carbocycles. The van der Waals surface area contributed by atoms with E-state index in [9.17, 15) is 14.4 Å². The number of ketones is 1. The molecule has 0 aliphatic heterocycles. The predicted octanol–water partition coefficient (Wildman–Crippen LogP) is -0.267. The van der Waals surface area contributed by atoms with Gasteiger partial charge >= 0.3 is 11.9 Å². The first-order valence-electron chi connectivity index (χ1n) is 2.02. The number of carbonyl (C=O) groups is 3. The Labute approximate surface area is 73.1 Å². The molecule has 10 heavy (non-hydrogen) atoms. The summed E-state index contributed by atoms with van der Waals surface area (Å²) >= 11 is 0. The summed E-state index contributed by atoms with van der Waals surface area (Å²) in [5, 5.41) is 15.7. The molecule has 0 unspecified atom stereocenters. The number of hydrogen-bond acceptors (Lipinski definition) is 3. The molecule has 2 N–H and O–H groups in total. The summed E-state index contributed by atoms with van der Waals surface area (Å²) in [5.41, 5.74) is 0. The maximum atomic E-state index is 9.97. The van der Waals surface area contributed by atoms with Gasteiger partial charge in [0.15, 0.2) is 0 Å². The van der Waals surface area contributed by atoms with Gasteiger partial charge in [-0.3, -0.25) is 9.59 Å². The van der Waals surface area contributed by atoms with Crippen molar-refractivity contribution in [1.29, 1.82) is 0 Å². The highest BCUT2D eigenvalue weighted by atomic mass is 127. The molecule has 58 valence electrons. The van der Waals surface area contributed by atoms with Crippen LogP contribution in [0.3, 0.4) is 0 Å². The summed E-state index contributed by atoms with van der Waals surface area (Å²) in [4.78, 5) is 29.2. The number of rotatable bonds is 3. The van der Waals surface area contributed by atoms with Crippen molar-refractivity contribution >= 4 is 41.7 Å². The molecule has 0 heterocycles. The fraction of sp³-hybridized carbons (Fsp3) is 0.250. The standard InChI is InChI=1S/C4H4O5.HI/c5-2(4(8)9)1-3(6)7;/h1H2,(H,6,7)(H,8,9);1H. The van der Waals surface area contributed by atoms with Crippen molar-refractivity contribution in [2.45, 2.75) is 6.42 Å². The number of carboxylic acid groups (broad SMARTS) is 2. The van der Waals surface area contributed by atoms with Gasteiger partial charge in [0.2, 0.25) is 0 Å². The molecule has 0 radical (unpaired) electrons. The van der Waals surface area contributed by atoms with Gasteiger partial charge in [-0.25, -0.2) is 4.79 Å². The second-order valence-electron chi connectivity index (χ2n) is 1.30. The van der Waals surface area contributed by atoms with E-state index in [-0.39, 0.29) is 24.0 Å². The van der Waals surface area contributed by atoms with Crippen molar-refractivity contribution in [3.63, 3.8) is 0 Å². The molecule has 0 aromatic heterocycles. The van der Waals surface area contributed by atoms with Gasteiger partial charge in [-0.2, -0.15) is 0 Å². The number of aliphatic carboxylic acids is 2. The van der Waals surface area contributed by atoms with Crippen molar-refractivity contribution in [2.24, 2.45) is 0 Å². The number of hydrogen-bond donors (Lipinski definition) is 2. The van der Waals surface area contributed by atoms with Crippen LogP contribution < -0.4 is 0 Å². The Morgan fingerprint density at radius 2 is 1.50 bits per heavy atom. The van der Waals surface area contributed by atoms with Crippen LogP contribution in [0.1, 0.15) is 6.42 Å². The van der Waals surface area contributed by atoms with Crippen LogP contribution in [0.5, 0.6) is 0 Å². The van der Waals surface area contributed by atoms with E-state index in [1.165, 1.54) is 0 Å². The summed E-state index contributed by atoms with van der Waals surface area (Å²) < 4.78 is 0. The van der Waals surface area contributed by atoms with Crippen molar-refractivity contribution in [3.8, 4) is 0 Å². The average Bonchev–Trinajstić information content (AvgIpc) is 1.63. The van der Waals surface area contributed by atoms with E-state index in [0.717, 1.165) is 0 Å². The molecular weight excluding hydrogens is 255 g/mol. The molecule has 0 spiro atoms. The summed E-state index contributed by atoms with van der Waals surface area (Å²) in [7, 11) is 0. The van der Waals surface area contributed by atoms with Gasteiger partial charge in [-0.15, -0.1) is 24.0 Å². The third-order valence-corrected chi connectivity index (χ3v) is 0.550. The lowest BCUT2D eigenvalue weighted by atomic mass is 10.3. The highest BCUT2D eigenvalue weighted by molar-refractivity contribution is 14.0. The van der Waals surface area contributed by atoms with Crippen LogP contribution in [0.15, 0.2) is 0 Å². The van der Waals surface area contributed by atoms with Crippen LogP contribution in [0.2, 0.25) is 0 Å². The Morgan fingerprint density at radius 3 is 1.60 bits per heavy atom. The van der Waals surface area contributed by atoms with Crippen molar-refractivity contribution in [3.05, 3.63) is 0 Å². The van der Waals surface area contributed by atoms with Crippen molar-refractivity contribution in [1.82, 2.24) is 0 Å². The van der Waals surface area contributed by atoms with E-state index in [2.05, 4.69) is 0 Å². The first-order chi connectivity index (χ1) is 4.04. The van der Waals surface area contributed by atoms with E-state index in [0.29, 0.717) is 0 Å². The topological polar surface area (TPSA) is 91.7 Å². The molecule has 0 saturated carbocycles. The lowest BCUT2D eigenvalue weighted by molar-refractivity contribution is -0.152. The Bertz CT molecular complexity index is 163. The smallest absolute Gasteiger partial charge is 0.372 e. The maximum absolute atomic E-state index is 9.97. The molecular formula is C4H5IO5. The van der Waals surface area contributed by atoms with Crippen LogP contribution in [-0.4, -0.2) is 27.9 Å². The van der Waals surface area contributed by atoms with E-state index >= 15 is 0 Å². The third kappa shape index (κ3) is 5.48. The van der Waals surface area contributed by atoms with E-state index in [4.69, 9.17) is 10.2 Å². The molecule has 0 aliphatic carbocycles. The number of Topliss-reactive ketones (excluding diaryl/α,β-unsaturated/α-hetero) is 1. The Morgan fingerprint density at radius 1 is 1.10 bits per heavy atom. The minimum absolute atomic E-state index is 0. The van der Waals surface area contributed by atoms with Gasteiger partial charge in [0.05, 0.1) is 0 Å². The lowest BCUT2D eigenvalue weighted by Crippen LogP contribution is -2.16. The molecule has 0 aliphatic rings. The van der Waals surface area contributed by atoms with Gasteiger partial charge in [-0.05, 0) is 0 Å². The SMILES string of the molecule is I.O=C(O)CC(=O)C(=O)O. The Balaban J connectivity index is 0. The minimum atomic E-state index is -1.71. The molecule has 0 amide bonds. The Kier molecular flexibility index (Phi) is 6.21. The number of carboxylic acids is 2. The highest BCUT2D eigenvalue weighted by Gasteiger charge is 2.14. The summed E-state index contributed by atoms with van der Waals surface area (Å²) in [6, 6.07) is 0. The molecule has 0 atom stereocenters. The van der Waals surface area contributed by atoms with Gasteiger partial charge < -0.3 is 10.2 Å². The lowest BCUT2D eigenvalue weighted by Gasteiger charge is -1.85. The first kappa shape index (κ1) is 12.1. The minimum Gasteiger partial charge on any atom is -0.481 e. The number of halogens is 1. The molecule has 0 bridgehead atoms. The maximum Gasteiger partial charge on any atom is 0.372 e. The summed E-state index contributed by atoms with van der Waals surface area (Å²) in [5.74, 6) is -4.44. The molecule has 6 heteroatoms. The van der Waals surface area contributed by atoms with E-state index in [1.807, 2.05) is 0 Å². The zero-order chi connectivity index (χ0) is 7.44. The van der Waals surface area contributed by atoms with Gasteiger partial charge in [0.1, 0.15) is 6.42 Å². The Hall–Kier alpha value is -0.660. The van der Waals surface area contributed by atoms with E-state index < -0.39 is 24.1 Å². The summed E-state index contributed by atoms with van der Waals surface area (Å²) in [6.45, 7) is 0. The zero-order valence-electron chi connectivity index (χ0n) is 4.73. The van der Waals surface area contributed by atoms with Crippen LogP contribution in [0.25, 0.3) is 0 Å². The quantitative estimate of drug-likeness (QED) is 0.414. The second kappa shape index (κ2) is 5.15. The molecule has 5 nitrogen and oxygen atoms in total. The third-order valence-electron chi connectivity index (χ3n) is 0.550. The fourth-order valence-corrected chi connectivity index (χ4v) is 0.213. The van der Waals surface area contributed by atoms with Crippen molar-refractivity contribution in [2.75, 3.05) is 0 Å². The molecule has 0 saturated heterocycles. The largest absolute Gasteiger partial charge is 0.481 e. The molecule has 0 fully saturated rings. The fourth-order valence-electron chi connectivity index (χ4n) is 0.213.